The van der Waals surface area contributed by atoms with Gasteiger partial charge in [0.15, 0.2) is 0 Å². The van der Waals surface area contributed by atoms with Crippen LogP contribution in [0, 0.1) is 5.92 Å². The molecule has 2 atom stereocenters. The Hall–Kier alpha value is -1.30. The molecule has 6 nitrogen and oxygen atoms in total. The van der Waals surface area contributed by atoms with Crippen molar-refractivity contribution in [1.29, 1.82) is 0 Å². The number of carbonyl (C=O) groups is 2. The second-order valence-corrected chi connectivity index (χ2v) is 5.82. The minimum atomic E-state index is -0.741. The Morgan fingerprint density at radius 2 is 1.90 bits per heavy atom. The van der Waals surface area contributed by atoms with Crippen LogP contribution in [0.5, 0.6) is 0 Å². The summed E-state index contributed by atoms with van der Waals surface area (Å²) in [5.74, 6) is -1.03. The summed E-state index contributed by atoms with van der Waals surface area (Å²) in [4.78, 5) is 27.3. The Morgan fingerprint density at radius 3 is 2.45 bits per heavy atom. The number of hydrogen-bond acceptors (Lipinski definition) is 3. The SMILES string of the molecule is CCCN1CCN(C(=O)NC2CCC(C(=O)O)C2)CC1. The van der Waals surface area contributed by atoms with Crippen molar-refractivity contribution in [3.63, 3.8) is 0 Å². The third-order valence-electron chi connectivity index (χ3n) is 4.31. The lowest BCUT2D eigenvalue weighted by molar-refractivity contribution is -0.141. The first-order valence-corrected chi connectivity index (χ1v) is 7.60. The maximum atomic E-state index is 12.1. The molecule has 0 spiro atoms. The van der Waals surface area contributed by atoms with Gasteiger partial charge in [0, 0.05) is 32.2 Å². The van der Waals surface area contributed by atoms with E-state index in [4.69, 9.17) is 5.11 Å². The molecule has 1 saturated carbocycles. The number of piperazine rings is 1. The predicted octanol–water partition coefficient (Wildman–Crippen LogP) is 0.977. The molecule has 6 heteroatoms. The van der Waals surface area contributed by atoms with Gasteiger partial charge in [-0.2, -0.15) is 0 Å². The van der Waals surface area contributed by atoms with Gasteiger partial charge in [0.25, 0.3) is 0 Å². The summed E-state index contributed by atoms with van der Waals surface area (Å²) in [5, 5.41) is 12.0. The maximum absolute atomic E-state index is 12.1. The number of hydrogen-bond donors (Lipinski definition) is 2. The molecule has 2 unspecified atom stereocenters. The quantitative estimate of drug-likeness (QED) is 0.806. The zero-order valence-electron chi connectivity index (χ0n) is 12.2. The molecule has 2 aliphatic rings. The normalized spacial score (nSPS) is 27.6. The average molecular weight is 283 g/mol. The number of nitrogens with one attached hydrogen (secondary N) is 1. The molecule has 0 bridgehead atoms. The van der Waals surface area contributed by atoms with E-state index in [2.05, 4.69) is 17.1 Å². The van der Waals surface area contributed by atoms with Gasteiger partial charge in [-0.3, -0.25) is 9.69 Å². The van der Waals surface area contributed by atoms with Gasteiger partial charge >= 0.3 is 12.0 Å². The molecule has 20 heavy (non-hydrogen) atoms. The van der Waals surface area contributed by atoms with Crippen molar-refractivity contribution in [3.8, 4) is 0 Å². The van der Waals surface area contributed by atoms with E-state index in [9.17, 15) is 9.59 Å². The largest absolute Gasteiger partial charge is 0.481 e. The number of amides is 2. The van der Waals surface area contributed by atoms with Gasteiger partial charge in [0.05, 0.1) is 5.92 Å². The van der Waals surface area contributed by atoms with Gasteiger partial charge in [0.2, 0.25) is 0 Å². The van der Waals surface area contributed by atoms with Crippen molar-refractivity contribution < 1.29 is 14.7 Å². The van der Waals surface area contributed by atoms with E-state index in [1.165, 1.54) is 0 Å². The second kappa shape index (κ2) is 6.92. The molecule has 0 radical (unpaired) electrons. The molecule has 1 aliphatic carbocycles. The van der Waals surface area contributed by atoms with E-state index in [1.54, 1.807) is 0 Å². The highest BCUT2D eigenvalue weighted by Gasteiger charge is 2.31. The fourth-order valence-electron chi connectivity index (χ4n) is 3.09. The van der Waals surface area contributed by atoms with Crippen molar-refractivity contribution >= 4 is 12.0 Å². The highest BCUT2D eigenvalue weighted by Crippen LogP contribution is 2.25. The van der Waals surface area contributed by atoms with Crippen molar-refractivity contribution in [1.82, 2.24) is 15.1 Å². The number of aliphatic carboxylic acids is 1. The van der Waals surface area contributed by atoms with Crippen LogP contribution in [0.25, 0.3) is 0 Å². The van der Waals surface area contributed by atoms with Crippen LogP contribution < -0.4 is 5.32 Å². The predicted molar refractivity (Wildman–Crippen MR) is 75.6 cm³/mol. The van der Waals surface area contributed by atoms with Crippen LogP contribution in [0.2, 0.25) is 0 Å². The van der Waals surface area contributed by atoms with Gasteiger partial charge in [-0.1, -0.05) is 6.92 Å². The Kier molecular flexibility index (Phi) is 5.23. The fraction of sp³-hybridized carbons (Fsp3) is 0.857. The number of carboxylic acids is 1. The molecule has 2 rings (SSSR count). The molecule has 2 N–H and O–H groups in total. The van der Waals surface area contributed by atoms with Crippen LogP contribution in [0.3, 0.4) is 0 Å². The van der Waals surface area contributed by atoms with E-state index in [1.807, 2.05) is 4.90 Å². The maximum Gasteiger partial charge on any atom is 0.317 e. The molecule has 2 amide bonds. The summed E-state index contributed by atoms with van der Waals surface area (Å²) in [6.07, 6.45) is 3.16. The summed E-state index contributed by atoms with van der Waals surface area (Å²) < 4.78 is 0. The molecule has 0 aromatic heterocycles. The number of nitrogens with zero attached hydrogens (tertiary/aromatic N) is 2. The van der Waals surface area contributed by atoms with Crippen molar-refractivity contribution in [2.45, 2.75) is 38.6 Å². The van der Waals surface area contributed by atoms with E-state index >= 15 is 0 Å². The Balaban J connectivity index is 1.72. The molecule has 1 saturated heterocycles. The molecule has 0 aromatic rings. The molecule has 2 fully saturated rings. The lowest BCUT2D eigenvalue weighted by Gasteiger charge is -2.35. The van der Waals surface area contributed by atoms with Crippen molar-refractivity contribution in [2.75, 3.05) is 32.7 Å². The van der Waals surface area contributed by atoms with Crippen LogP contribution >= 0.6 is 0 Å². The van der Waals surface area contributed by atoms with E-state index in [0.717, 1.165) is 45.6 Å². The zero-order chi connectivity index (χ0) is 14.5. The van der Waals surface area contributed by atoms with Crippen LogP contribution in [-0.4, -0.2) is 65.7 Å². The van der Waals surface area contributed by atoms with Gasteiger partial charge in [-0.05, 0) is 32.2 Å². The number of rotatable bonds is 4. The van der Waals surface area contributed by atoms with Crippen molar-refractivity contribution in [2.24, 2.45) is 5.92 Å². The lowest BCUT2D eigenvalue weighted by atomic mass is 10.1. The minimum absolute atomic E-state index is 0.0253. The van der Waals surface area contributed by atoms with Gasteiger partial charge in [0.1, 0.15) is 0 Å². The van der Waals surface area contributed by atoms with Gasteiger partial charge in [-0.15, -0.1) is 0 Å². The molecular formula is C14H25N3O3. The first kappa shape index (κ1) is 15.1. The van der Waals surface area contributed by atoms with E-state index in [-0.39, 0.29) is 18.0 Å². The highest BCUT2D eigenvalue weighted by atomic mass is 16.4. The molecular weight excluding hydrogens is 258 g/mol. The summed E-state index contributed by atoms with van der Waals surface area (Å²) in [6.45, 7) is 6.66. The van der Waals surface area contributed by atoms with Crippen LogP contribution in [0.15, 0.2) is 0 Å². The third-order valence-corrected chi connectivity index (χ3v) is 4.31. The number of carboxylic acid groups (broad SMARTS) is 1. The van der Waals surface area contributed by atoms with E-state index in [0.29, 0.717) is 12.8 Å². The van der Waals surface area contributed by atoms with Crippen LogP contribution in [-0.2, 0) is 4.79 Å². The Labute approximate surface area is 120 Å². The standard InChI is InChI=1S/C14H25N3O3/c1-2-5-16-6-8-17(9-7-16)14(20)15-12-4-3-11(10-12)13(18)19/h11-12H,2-10H2,1H3,(H,15,20)(H,18,19). The lowest BCUT2D eigenvalue weighted by Crippen LogP contribution is -2.53. The molecule has 0 aromatic carbocycles. The molecule has 114 valence electrons. The summed E-state index contributed by atoms with van der Waals surface area (Å²) in [5.41, 5.74) is 0. The number of urea groups is 1. The van der Waals surface area contributed by atoms with Gasteiger partial charge < -0.3 is 15.3 Å². The summed E-state index contributed by atoms with van der Waals surface area (Å²) in [6, 6.07) is -0.00513. The summed E-state index contributed by atoms with van der Waals surface area (Å²) >= 11 is 0. The van der Waals surface area contributed by atoms with Crippen LogP contribution in [0.1, 0.15) is 32.6 Å². The molecule has 1 aliphatic heterocycles. The topological polar surface area (TPSA) is 72.9 Å². The second-order valence-electron chi connectivity index (χ2n) is 5.82. The van der Waals surface area contributed by atoms with Crippen molar-refractivity contribution in [3.05, 3.63) is 0 Å². The fourth-order valence-corrected chi connectivity index (χ4v) is 3.09. The first-order valence-electron chi connectivity index (χ1n) is 7.60. The monoisotopic (exact) mass is 283 g/mol. The molecule has 1 heterocycles. The number of carbonyl (C=O) groups excluding carboxylic acids is 1. The van der Waals surface area contributed by atoms with E-state index < -0.39 is 5.97 Å². The van der Waals surface area contributed by atoms with Crippen LogP contribution in [0.4, 0.5) is 4.79 Å². The smallest absolute Gasteiger partial charge is 0.317 e. The van der Waals surface area contributed by atoms with Gasteiger partial charge in [-0.25, -0.2) is 4.79 Å². The third kappa shape index (κ3) is 3.85. The summed E-state index contributed by atoms with van der Waals surface area (Å²) in [7, 11) is 0. The zero-order valence-corrected chi connectivity index (χ0v) is 12.2. The average Bonchev–Trinajstić information content (AvgIpc) is 2.88. The highest BCUT2D eigenvalue weighted by molar-refractivity contribution is 5.75. The Morgan fingerprint density at radius 1 is 1.20 bits per heavy atom. The Bertz CT molecular complexity index is 354. The minimum Gasteiger partial charge on any atom is -0.481 e. The first-order chi connectivity index (χ1) is 9.60.